The molecule has 0 aliphatic carbocycles. The summed E-state index contributed by atoms with van der Waals surface area (Å²) < 4.78 is 6.18. The molecule has 1 aromatic rings. The lowest BCUT2D eigenvalue weighted by Gasteiger charge is -2.17. The first-order valence-corrected chi connectivity index (χ1v) is 6.62. The van der Waals surface area contributed by atoms with Crippen LogP contribution in [-0.4, -0.2) is 18.2 Å². The lowest BCUT2D eigenvalue weighted by molar-refractivity contribution is -0.137. The molecule has 18 heavy (non-hydrogen) atoms. The SMILES string of the molecule is CCc1cc(Br)c(OC)c(C(N)CCC(=O)O)c1. The summed E-state index contributed by atoms with van der Waals surface area (Å²) in [4.78, 5) is 10.6. The zero-order valence-electron chi connectivity index (χ0n) is 10.6. The molecule has 1 rings (SSSR count). The van der Waals surface area contributed by atoms with Crippen LogP contribution in [-0.2, 0) is 11.2 Å². The number of ether oxygens (including phenoxy) is 1. The molecule has 100 valence electrons. The molecule has 0 fully saturated rings. The third-order valence-electron chi connectivity index (χ3n) is 2.81. The van der Waals surface area contributed by atoms with E-state index in [-0.39, 0.29) is 12.5 Å². The van der Waals surface area contributed by atoms with Crippen molar-refractivity contribution in [3.8, 4) is 5.75 Å². The number of halogens is 1. The molecule has 4 nitrogen and oxygen atoms in total. The van der Waals surface area contributed by atoms with E-state index in [9.17, 15) is 4.79 Å². The monoisotopic (exact) mass is 315 g/mol. The summed E-state index contributed by atoms with van der Waals surface area (Å²) in [5.41, 5.74) is 8.04. The van der Waals surface area contributed by atoms with Gasteiger partial charge in [0, 0.05) is 18.0 Å². The predicted octanol–water partition coefficient (Wildman–Crippen LogP) is 2.88. The molecule has 3 N–H and O–H groups in total. The van der Waals surface area contributed by atoms with Crippen LogP contribution in [0.5, 0.6) is 5.75 Å². The maximum Gasteiger partial charge on any atom is 0.303 e. The minimum Gasteiger partial charge on any atom is -0.495 e. The van der Waals surface area contributed by atoms with Crippen molar-refractivity contribution < 1.29 is 14.6 Å². The second-order valence-corrected chi connectivity index (χ2v) is 4.95. The van der Waals surface area contributed by atoms with Gasteiger partial charge in [0.2, 0.25) is 0 Å². The summed E-state index contributed by atoms with van der Waals surface area (Å²) in [6, 6.07) is 3.64. The van der Waals surface area contributed by atoms with Gasteiger partial charge < -0.3 is 15.6 Å². The summed E-state index contributed by atoms with van der Waals surface area (Å²) in [5.74, 6) is -0.153. The Hall–Kier alpha value is -1.07. The lowest BCUT2D eigenvalue weighted by atomic mass is 9.98. The van der Waals surface area contributed by atoms with Gasteiger partial charge in [0.15, 0.2) is 0 Å². The van der Waals surface area contributed by atoms with Crippen molar-refractivity contribution in [2.24, 2.45) is 5.73 Å². The van der Waals surface area contributed by atoms with E-state index in [0.29, 0.717) is 12.2 Å². The second-order valence-electron chi connectivity index (χ2n) is 4.09. The lowest BCUT2D eigenvalue weighted by Crippen LogP contribution is -2.14. The van der Waals surface area contributed by atoms with Gasteiger partial charge in [-0.3, -0.25) is 4.79 Å². The molecule has 0 saturated carbocycles. The van der Waals surface area contributed by atoms with Crippen molar-refractivity contribution in [3.63, 3.8) is 0 Å². The smallest absolute Gasteiger partial charge is 0.303 e. The Bertz CT molecular complexity index is 434. The van der Waals surface area contributed by atoms with E-state index in [1.165, 1.54) is 0 Å². The zero-order chi connectivity index (χ0) is 13.7. The van der Waals surface area contributed by atoms with E-state index >= 15 is 0 Å². The van der Waals surface area contributed by atoms with Crippen LogP contribution in [0.2, 0.25) is 0 Å². The Kier molecular flexibility index (Phi) is 5.62. The number of hydrogen-bond acceptors (Lipinski definition) is 3. The van der Waals surface area contributed by atoms with Gasteiger partial charge in [0.1, 0.15) is 5.75 Å². The summed E-state index contributed by atoms with van der Waals surface area (Å²) in [7, 11) is 1.58. The average Bonchev–Trinajstić information content (AvgIpc) is 2.34. The van der Waals surface area contributed by atoms with Crippen molar-refractivity contribution in [1.82, 2.24) is 0 Å². The number of carboxylic acids is 1. The Balaban J connectivity index is 3.04. The first-order valence-electron chi connectivity index (χ1n) is 5.83. The van der Waals surface area contributed by atoms with Gasteiger partial charge >= 0.3 is 5.97 Å². The zero-order valence-corrected chi connectivity index (χ0v) is 12.2. The fourth-order valence-electron chi connectivity index (χ4n) is 1.80. The van der Waals surface area contributed by atoms with Gasteiger partial charge in [0.05, 0.1) is 11.6 Å². The number of rotatable bonds is 6. The number of carbonyl (C=O) groups is 1. The highest BCUT2D eigenvalue weighted by Gasteiger charge is 2.16. The quantitative estimate of drug-likeness (QED) is 0.846. The van der Waals surface area contributed by atoms with Gasteiger partial charge in [-0.15, -0.1) is 0 Å². The molecular weight excluding hydrogens is 298 g/mol. The number of hydrogen-bond donors (Lipinski definition) is 2. The molecule has 0 bridgehead atoms. The molecule has 0 heterocycles. The minimum absolute atomic E-state index is 0.0539. The van der Waals surface area contributed by atoms with Crippen molar-refractivity contribution in [2.45, 2.75) is 32.2 Å². The molecule has 0 aromatic heterocycles. The Morgan fingerprint density at radius 3 is 2.72 bits per heavy atom. The number of benzene rings is 1. The van der Waals surface area contributed by atoms with Gasteiger partial charge in [-0.1, -0.05) is 13.0 Å². The molecule has 1 atom stereocenters. The largest absolute Gasteiger partial charge is 0.495 e. The van der Waals surface area contributed by atoms with E-state index < -0.39 is 5.97 Å². The fraction of sp³-hybridized carbons (Fsp3) is 0.462. The molecule has 0 amide bonds. The second kappa shape index (κ2) is 6.75. The van der Waals surface area contributed by atoms with E-state index in [2.05, 4.69) is 22.9 Å². The van der Waals surface area contributed by atoms with Gasteiger partial charge in [-0.25, -0.2) is 0 Å². The maximum atomic E-state index is 10.6. The first-order chi connectivity index (χ1) is 8.49. The van der Waals surface area contributed by atoms with Crippen molar-refractivity contribution in [3.05, 3.63) is 27.7 Å². The Morgan fingerprint density at radius 2 is 2.22 bits per heavy atom. The van der Waals surface area contributed by atoms with Crippen LogP contribution in [0.1, 0.15) is 36.9 Å². The molecular formula is C13H18BrNO3. The number of aliphatic carboxylic acids is 1. The van der Waals surface area contributed by atoms with Crippen LogP contribution in [0.4, 0.5) is 0 Å². The van der Waals surface area contributed by atoms with Crippen molar-refractivity contribution in [1.29, 1.82) is 0 Å². The van der Waals surface area contributed by atoms with Crippen LogP contribution in [0.15, 0.2) is 16.6 Å². The van der Waals surface area contributed by atoms with Crippen LogP contribution < -0.4 is 10.5 Å². The third-order valence-corrected chi connectivity index (χ3v) is 3.40. The minimum atomic E-state index is -0.838. The van der Waals surface area contributed by atoms with Crippen molar-refractivity contribution in [2.75, 3.05) is 7.11 Å². The average molecular weight is 316 g/mol. The molecule has 5 heteroatoms. The number of carboxylic acid groups (broad SMARTS) is 1. The molecule has 1 aromatic carbocycles. The third kappa shape index (κ3) is 3.71. The van der Waals surface area contributed by atoms with Crippen LogP contribution in [0, 0.1) is 0 Å². The van der Waals surface area contributed by atoms with E-state index in [1.807, 2.05) is 12.1 Å². The summed E-state index contributed by atoms with van der Waals surface area (Å²) in [6.45, 7) is 2.06. The van der Waals surface area contributed by atoms with E-state index in [1.54, 1.807) is 7.11 Å². The molecule has 0 saturated heterocycles. The van der Waals surface area contributed by atoms with E-state index in [4.69, 9.17) is 15.6 Å². The van der Waals surface area contributed by atoms with Crippen LogP contribution in [0.25, 0.3) is 0 Å². The van der Waals surface area contributed by atoms with Crippen LogP contribution in [0.3, 0.4) is 0 Å². The standard InChI is InChI=1S/C13H18BrNO3/c1-3-8-6-9(11(15)4-5-12(16)17)13(18-2)10(14)7-8/h6-7,11H,3-5,15H2,1-2H3,(H,16,17). The summed E-state index contributed by atoms with van der Waals surface area (Å²) >= 11 is 3.45. The molecule has 0 aliphatic heterocycles. The predicted molar refractivity (Wildman–Crippen MR) is 73.9 cm³/mol. The van der Waals surface area contributed by atoms with E-state index in [0.717, 1.165) is 22.0 Å². The topological polar surface area (TPSA) is 72.5 Å². The normalized spacial score (nSPS) is 12.2. The summed E-state index contributed by atoms with van der Waals surface area (Å²) in [5, 5.41) is 8.70. The van der Waals surface area contributed by atoms with Gasteiger partial charge in [-0.2, -0.15) is 0 Å². The highest BCUT2D eigenvalue weighted by molar-refractivity contribution is 9.10. The molecule has 0 spiro atoms. The maximum absolute atomic E-state index is 10.6. The Morgan fingerprint density at radius 1 is 1.56 bits per heavy atom. The summed E-state index contributed by atoms with van der Waals surface area (Å²) in [6.07, 6.45) is 1.34. The molecule has 1 unspecified atom stereocenters. The Labute approximate surface area is 115 Å². The highest BCUT2D eigenvalue weighted by atomic mass is 79.9. The van der Waals surface area contributed by atoms with Crippen LogP contribution >= 0.6 is 15.9 Å². The number of methoxy groups -OCH3 is 1. The fourth-order valence-corrected chi connectivity index (χ4v) is 2.49. The van der Waals surface area contributed by atoms with Gasteiger partial charge in [0.25, 0.3) is 0 Å². The molecule has 0 aliphatic rings. The van der Waals surface area contributed by atoms with Crippen molar-refractivity contribution >= 4 is 21.9 Å². The molecule has 0 radical (unpaired) electrons. The highest BCUT2D eigenvalue weighted by Crippen LogP contribution is 2.35. The van der Waals surface area contributed by atoms with Gasteiger partial charge in [-0.05, 0) is 40.4 Å². The number of nitrogens with two attached hydrogens (primary N) is 1. The number of aryl methyl sites for hydroxylation is 1. The first kappa shape index (κ1) is 15.0.